The van der Waals surface area contributed by atoms with Gasteiger partial charge in [0.05, 0.1) is 12.3 Å². The van der Waals surface area contributed by atoms with E-state index in [-0.39, 0.29) is 5.91 Å². The largest absolute Gasteiger partial charge is 0.494 e. The predicted molar refractivity (Wildman–Crippen MR) is 105 cm³/mol. The molecule has 2 rings (SSSR count). The van der Waals surface area contributed by atoms with Crippen molar-refractivity contribution in [3.8, 4) is 5.75 Å². The third kappa shape index (κ3) is 5.41. The fourth-order valence-electron chi connectivity index (χ4n) is 2.75. The molecule has 0 spiro atoms. The lowest BCUT2D eigenvalue weighted by atomic mass is 10.1. The van der Waals surface area contributed by atoms with Crippen LogP contribution in [0.3, 0.4) is 0 Å². The van der Waals surface area contributed by atoms with E-state index in [1.54, 1.807) is 12.2 Å². The monoisotopic (exact) mass is 356 g/mol. The second kappa shape index (κ2) is 9.70. The highest BCUT2D eigenvalue weighted by atomic mass is 16.5. The van der Waals surface area contributed by atoms with Crippen molar-refractivity contribution < 1.29 is 14.3 Å². The summed E-state index contributed by atoms with van der Waals surface area (Å²) >= 11 is 0. The van der Waals surface area contributed by atoms with Gasteiger partial charge in [0, 0.05) is 18.7 Å². The molecule has 0 bridgehead atoms. The molecular formula is C21H28N2O3. The van der Waals surface area contributed by atoms with Crippen LogP contribution in [0.25, 0.3) is 0 Å². The van der Waals surface area contributed by atoms with E-state index in [9.17, 15) is 4.79 Å². The molecule has 0 saturated heterocycles. The van der Waals surface area contributed by atoms with Crippen molar-refractivity contribution in [3.05, 3.63) is 61.0 Å². The lowest BCUT2D eigenvalue weighted by molar-refractivity contribution is -0.127. The van der Waals surface area contributed by atoms with Gasteiger partial charge in [-0.2, -0.15) is 0 Å². The number of rotatable bonds is 10. The van der Waals surface area contributed by atoms with E-state index in [1.807, 2.05) is 29.2 Å². The third-order valence-electron chi connectivity index (χ3n) is 4.10. The number of fused-ring (bicyclic) bond motifs is 1. The highest BCUT2D eigenvalue weighted by molar-refractivity contribution is 6.00. The molecule has 140 valence electrons. The molecule has 5 nitrogen and oxygen atoms in total. The Labute approximate surface area is 155 Å². The number of carbonyl (C=O) groups excluding carboxylic acids is 1. The molecule has 2 N–H and O–H groups in total. The zero-order valence-electron chi connectivity index (χ0n) is 15.4. The first-order chi connectivity index (χ1) is 12.5. The van der Waals surface area contributed by atoms with Gasteiger partial charge in [0.1, 0.15) is 11.5 Å². The normalized spacial score (nSPS) is 16.3. The molecule has 1 aromatic rings. The van der Waals surface area contributed by atoms with Crippen LogP contribution < -0.4 is 15.4 Å². The minimum absolute atomic E-state index is 0.0140. The Bertz CT molecular complexity index is 682. The SMILES string of the molecule is C=C(N)/C=C\C(=C)OCCC1Oc2ccccc2N(CCCCC)C1=O. The summed E-state index contributed by atoms with van der Waals surface area (Å²) in [6.07, 6.45) is 6.36. The Morgan fingerprint density at radius 2 is 2.08 bits per heavy atom. The number of carbonyl (C=O) groups is 1. The van der Waals surface area contributed by atoms with Crippen molar-refractivity contribution >= 4 is 11.6 Å². The predicted octanol–water partition coefficient (Wildman–Crippen LogP) is 3.92. The van der Waals surface area contributed by atoms with E-state index in [0.29, 0.717) is 31.0 Å². The van der Waals surface area contributed by atoms with E-state index in [0.717, 1.165) is 30.7 Å². The summed E-state index contributed by atoms with van der Waals surface area (Å²) < 4.78 is 11.4. The number of nitrogens with two attached hydrogens (primary N) is 1. The topological polar surface area (TPSA) is 64.8 Å². The molecule has 1 unspecified atom stereocenters. The third-order valence-corrected chi connectivity index (χ3v) is 4.10. The van der Waals surface area contributed by atoms with Crippen molar-refractivity contribution in [2.24, 2.45) is 5.73 Å². The molecule has 0 aromatic heterocycles. The molecule has 1 aromatic carbocycles. The van der Waals surface area contributed by atoms with Crippen LogP contribution in [0.4, 0.5) is 5.69 Å². The van der Waals surface area contributed by atoms with Gasteiger partial charge in [0.25, 0.3) is 5.91 Å². The molecular weight excluding hydrogens is 328 g/mol. The molecule has 0 aliphatic carbocycles. The number of amides is 1. The van der Waals surface area contributed by atoms with Crippen molar-refractivity contribution in [2.75, 3.05) is 18.1 Å². The van der Waals surface area contributed by atoms with Crippen molar-refractivity contribution in [1.82, 2.24) is 0 Å². The summed E-state index contributed by atoms with van der Waals surface area (Å²) in [6.45, 7) is 10.6. The highest BCUT2D eigenvalue weighted by Crippen LogP contribution is 2.34. The lowest BCUT2D eigenvalue weighted by Crippen LogP contribution is -2.46. The minimum Gasteiger partial charge on any atom is -0.494 e. The molecule has 5 heteroatoms. The zero-order chi connectivity index (χ0) is 18.9. The van der Waals surface area contributed by atoms with Crippen molar-refractivity contribution in [3.63, 3.8) is 0 Å². The first-order valence-electron chi connectivity index (χ1n) is 9.04. The number of nitrogens with zero attached hydrogens (tertiary/aromatic N) is 1. The second-order valence-electron chi connectivity index (χ2n) is 6.28. The summed E-state index contributed by atoms with van der Waals surface area (Å²) in [4.78, 5) is 14.7. The first-order valence-corrected chi connectivity index (χ1v) is 9.04. The number of unbranched alkanes of at least 4 members (excludes halogenated alkanes) is 2. The van der Waals surface area contributed by atoms with Crippen LogP contribution in [0.2, 0.25) is 0 Å². The molecule has 1 atom stereocenters. The number of ether oxygens (including phenoxy) is 2. The highest BCUT2D eigenvalue weighted by Gasteiger charge is 2.33. The van der Waals surface area contributed by atoms with E-state index < -0.39 is 6.10 Å². The number of allylic oxidation sites excluding steroid dienone is 2. The Balaban J connectivity index is 1.98. The summed E-state index contributed by atoms with van der Waals surface area (Å²) in [7, 11) is 0. The smallest absolute Gasteiger partial charge is 0.268 e. The number of benzene rings is 1. The van der Waals surface area contributed by atoms with E-state index >= 15 is 0 Å². The summed E-state index contributed by atoms with van der Waals surface area (Å²) in [5, 5.41) is 0. The Kier molecular flexibility index (Phi) is 7.33. The van der Waals surface area contributed by atoms with Crippen LogP contribution >= 0.6 is 0 Å². The van der Waals surface area contributed by atoms with Gasteiger partial charge in [-0.15, -0.1) is 0 Å². The number of anilines is 1. The minimum atomic E-state index is -0.548. The second-order valence-corrected chi connectivity index (χ2v) is 6.28. The maximum Gasteiger partial charge on any atom is 0.268 e. The van der Waals surface area contributed by atoms with E-state index in [1.165, 1.54) is 0 Å². The summed E-state index contributed by atoms with van der Waals surface area (Å²) in [5.74, 6) is 1.20. The summed E-state index contributed by atoms with van der Waals surface area (Å²) in [5.41, 5.74) is 6.74. The maximum atomic E-state index is 12.9. The van der Waals surface area contributed by atoms with Crippen LogP contribution in [-0.4, -0.2) is 25.2 Å². The van der Waals surface area contributed by atoms with E-state index in [2.05, 4.69) is 20.1 Å². The Morgan fingerprint density at radius 1 is 1.31 bits per heavy atom. The quantitative estimate of drug-likeness (QED) is 0.392. The molecule has 1 amide bonds. The fraction of sp³-hybridized carbons (Fsp3) is 0.381. The average Bonchev–Trinajstić information content (AvgIpc) is 2.62. The van der Waals surface area contributed by atoms with Crippen molar-refractivity contribution in [1.29, 1.82) is 0 Å². The molecule has 1 aliphatic rings. The zero-order valence-corrected chi connectivity index (χ0v) is 15.4. The molecule has 1 aliphatic heterocycles. The number of hydrogen-bond donors (Lipinski definition) is 1. The van der Waals surface area contributed by atoms with Crippen LogP contribution in [0.15, 0.2) is 61.0 Å². The Morgan fingerprint density at radius 3 is 2.81 bits per heavy atom. The first kappa shape index (κ1) is 19.6. The number of hydrogen-bond acceptors (Lipinski definition) is 4. The lowest BCUT2D eigenvalue weighted by Gasteiger charge is -2.34. The van der Waals surface area contributed by atoms with Gasteiger partial charge < -0.3 is 20.1 Å². The Hall–Kier alpha value is -2.69. The average molecular weight is 356 g/mol. The van der Waals surface area contributed by atoms with Crippen LogP contribution in [-0.2, 0) is 9.53 Å². The molecule has 0 radical (unpaired) electrons. The van der Waals surface area contributed by atoms with Gasteiger partial charge in [0.2, 0.25) is 0 Å². The van der Waals surface area contributed by atoms with Gasteiger partial charge in [-0.05, 0) is 30.7 Å². The van der Waals surface area contributed by atoms with Gasteiger partial charge in [-0.3, -0.25) is 4.79 Å². The molecule has 26 heavy (non-hydrogen) atoms. The molecule has 1 heterocycles. The van der Waals surface area contributed by atoms with Crippen LogP contribution in [0.1, 0.15) is 32.6 Å². The van der Waals surface area contributed by atoms with Gasteiger partial charge >= 0.3 is 0 Å². The van der Waals surface area contributed by atoms with Gasteiger partial charge in [-0.1, -0.05) is 45.1 Å². The fourth-order valence-corrected chi connectivity index (χ4v) is 2.75. The maximum absolute atomic E-state index is 12.9. The summed E-state index contributed by atoms with van der Waals surface area (Å²) in [6, 6.07) is 7.67. The van der Waals surface area contributed by atoms with E-state index in [4.69, 9.17) is 15.2 Å². The van der Waals surface area contributed by atoms with Gasteiger partial charge in [-0.25, -0.2) is 0 Å². The molecule has 0 fully saturated rings. The van der Waals surface area contributed by atoms with Crippen molar-refractivity contribution in [2.45, 2.75) is 38.7 Å². The van der Waals surface area contributed by atoms with Crippen LogP contribution in [0.5, 0.6) is 5.75 Å². The van der Waals surface area contributed by atoms with Crippen LogP contribution in [0, 0.1) is 0 Å². The van der Waals surface area contributed by atoms with Gasteiger partial charge in [0.15, 0.2) is 6.10 Å². The number of para-hydroxylation sites is 2. The standard InChI is InChI=1S/C21H28N2O3/c1-4-5-8-14-23-18-9-6-7-10-19(18)26-20(21(23)24)13-15-25-17(3)12-11-16(2)22/h6-7,9-12,20H,2-5,8,13-15,22H2,1H3/b12-11-. The molecule has 0 saturated carbocycles.